The Balaban J connectivity index is 1.31. The van der Waals surface area contributed by atoms with Gasteiger partial charge in [0.2, 0.25) is 15.8 Å². The van der Waals surface area contributed by atoms with Crippen molar-refractivity contribution in [3.05, 3.63) is 54.1 Å². The Bertz CT molecular complexity index is 1190. The summed E-state index contributed by atoms with van der Waals surface area (Å²) in [5, 5.41) is 4.08. The summed E-state index contributed by atoms with van der Waals surface area (Å²) < 4.78 is 33.8. The van der Waals surface area contributed by atoms with Gasteiger partial charge in [0.1, 0.15) is 0 Å². The fourth-order valence-corrected chi connectivity index (χ4v) is 6.32. The highest BCUT2D eigenvalue weighted by Crippen LogP contribution is 2.28. The van der Waals surface area contributed by atoms with Gasteiger partial charge in [-0.25, -0.2) is 8.42 Å². The largest absolute Gasteiger partial charge is 0.334 e. The molecule has 2 heterocycles. The maximum atomic E-state index is 13.4. The number of hydrogen-bond donors (Lipinski definition) is 0. The summed E-state index contributed by atoms with van der Waals surface area (Å²) in [5.41, 5.74) is 2.61. The van der Waals surface area contributed by atoms with Crippen molar-refractivity contribution in [3.63, 3.8) is 0 Å². The number of benzene rings is 2. The van der Waals surface area contributed by atoms with E-state index in [9.17, 15) is 8.42 Å². The number of aryl methyl sites for hydroxylation is 1. The third-order valence-corrected chi connectivity index (χ3v) is 8.71. The van der Waals surface area contributed by atoms with Gasteiger partial charge >= 0.3 is 0 Å². The summed E-state index contributed by atoms with van der Waals surface area (Å²) in [6.45, 7) is 4.68. The molecule has 1 saturated heterocycles. The van der Waals surface area contributed by atoms with Crippen LogP contribution in [0.4, 0.5) is 0 Å². The number of rotatable bonds is 5. The summed E-state index contributed by atoms with van der Waals surface area (Å²) in [6, 6.07) is 15.3. The normalized spacial score (nSPS) is 19.1. The molecular weight excluding hydrogens is 436 g/mol. The second-order valence-electron chi connectivity index (χ2n) is 9.05. The zero-order chi connectivity index (χ0) is 22.8. The third kappa shape index (κ3) is 4.74. The van der Waals surface area contributed by atoms with E-state index in [1.54, 1.807) is 28.6 Å². The van der Waals surface area contributed by atoms with Crippen LogP contribution < -0.4 is 0 Å². The van der Waals surface area contributed by atoms with Crippen molar-refractivity contribution in [3.8, 4) is 22.8 Å². The topological polar surface area (TPSA) is 79.5 Å². The van der Waals surface area contributed by atoms with E-state index >= 15 is 0 Å². The molecular formula is C25H30N4O3S. The van der Waals surface area contributed by atoms with Crippen LogP contribution in [0.2, 0.25) is 0 Å². The van der Waals surface area contributed by atoms with Crippen LogP contribution in [0, 0.1) is 6.92 Å². The standard InChI is InChI=1S/C25H30N4O3S/c1-19-10-12-20(13-11-19)24-26-25(32-27-24)21-6-5-9-23(18-21)33(30,31)29-16-14-28(15-17-29)22-7-3-2-4-8-22/h5-6,9-13,18,22H,2-4,7-8,14-17H2,1H3. The van der Waals surface area contributed by atoms with Crippen molar-refractivity contribution in [2.75, 3.05) is 26.2 Å². The van der Waals surface area contributed by atoms with E-state index < -0.39 is 10.0 Å². The molecule has 33 heavy (non-hydrogen) atoms. The third-order valence-electron chi connectivity index (χ3n) is 6.82. The van der Waals surface area contributed by atoms with Crippen LogP contribution in [0.5, 0.6) is 0 Å². The van der Waals surface area contributed by atoms with Crippen LogP contribution in [0.3, 0.4) is 0 Å². The molecule has 174 valence electrons. The van der Waals surface area contributed by atoms with Gasteiger partial charge < -0.3 is 4.52 Å². The first kappa shape index (κ1) is 22.3. The van der Waals surface area contributed by atoms with E-state index in [-0.39, 0.29) is 4.90 Å². The van der Waals surface area contributed by atoms with E-state index in [2.05, 4.69) is 15.0 Å². The minimum atomic E-state index is -3.58. The van der Waals surface area contributed by atoms with Crippen molar-refractivity contribution in [1.29, 1.82) is 0 Å². The first-order chi connectivity index (χ1) is 16.0. The Labute approximate surface area is 195 Å². The molecule has 2 fully saturated rings. The molecule has 2 aromatic carbocycles. The minimum Gasteiger partial charge on any atom is -0.334 e. The molecule has 0 radical (unpaired) electrons. The number of aromatic nitrogens is 2. The fourth-order valence-electron chi connectivity index (χ4n) is 4.85. The molecule has 1 aliphatic heterocycles. The van der Waals surface area contributed by atoms with E-state index in [1.165, 1.54) is 32.1 Å². The Hall–Kier alpha value is -2.55. The van der Waals surface area contributed by atoms with Crippen LogP contribution in [-0.2, 0) is 10.0 Å². The molecule has 2 aliphatic rings. The summed E-state index contributed by atoms with van der Waals surface area (Å²) in [5.74, 6) is 0.793. The second kappa shape index (κ2) is 9.37. The first-order valence-electron chi connectivity index (χ1n) is 11.8. The number of hydrogen-bond acceptors (Lipinski definition) is 6. The maximum absolute atomic E-state index is 13.4. The molecule has 7 nitrogen and oxygen atoms in total. The SMILES string of the molecule is Cc1ccc(-c2noc(-c3cccc(S(=O)(=O)N4CCN(C5CCCCC5)CC4)c3)n2)cc1. The summed E-state index contributed by atoms with van der Waals surface area (Å²) in [6.07, 6.45) is 6.38. The van der Waals surface area contributed by atoms with Crippen LogP contribution >= 0.6 is 0 Å². The van der Waals surface area contributed by atoms with Gasteiger partial charge in [0.05, 0.1) is 4.90 Å². The smallest absolute Gasteiger partial charge is 0.258 e. The van der Waals surface area contributed by atoms with Crippen LogP contribution in [0.1, 0.15) is 37.7 Å². The molecule has 1 aromatic heterocycles. The molecule has 1 aliphatic carbocycles. The van der Waals surface area contributed by atoms with E-state index in [0.29, 0.717) is 36.4 Å². The summed E-state index contributed by atoms with van der Waals surface area (Å²) in [4.78, 5) is 7.23. The van der Waals surface area contributed by atoms with Gasteiger partial charge in [0, 0.05) is 43.3 Å². The van der Waals surface area contributed by atoms with E-state index in [4.69, 9.17) is 4.52 Å². The first-order valence-corrected chi connectivity index (χ1v) is 13.2. The number of nitrogens with zero attached hydrogens (tertiary/aromatic N) is 4. The monoisotopic (exact) mass is 466 g/mol. The number of piperazine rings is 1. The van der Waals surface area contributed by atoms with Crippen molar-refractivity contribution in [2.24, 2.45) is 0 Å². The van der Waals surface area contributed by atoms with Crippen molar-refractivity contribution in [2.45, 2.75) is 50.0 Å². The van der Waals surface area contributed by atoms with Gasteiger partial charge in [-0.2, -0.15) is 9.29 Å². The molecule has 0 unspecified atom stereocenters. The highest BCUT2D eigenvalue weighted by Gasteiger charge is 2.31. The van der Waals surface area contributed by atoms with Gasteiger partial charge in [0.15, 0.2) is 0 Å². The van der Waals surface area contributed by atoms with Gasteiger partial charge in [-0.1, -0.05) is 60.3 Å². The predicted molar refractivity (Wildman–Crippen MR) is 127 cm³/mol. The molecule has 8 heteroatoms. The lowest BCUT2D eigenvalue weighted by Gasteiger charge is -2.40. The van der Waals surface area contributed by atoms with Gasteiger partial charge in [-0.05, 0) is 38.0 Å². The van der Waals surface area contributed by atoms with Gasteiger partial charge in [-0.3, -0.25) is 4.90 Å². The number of sulfonamides is 1. The van der Waals surface area contributed by atoms with E-state index in [1.807, 2.05) is 31.2 Å². The Morgan fingerprint density at radius 2 is 1.64 bits per heavy atom. The predicted octanol–water partition coefficient (Wildman–Crippen LogP) is 4.35. The quantitative estimate of drug-likeness (QED) is 0.556. The zero-order valence-electron chi connectivity index (χ0n) is 19.0. The van der Waals surface area contributed by atoms with Crippen LogP contribution in [-0.4, -0.2) is 60.0 Å². The highest BCUT2D eigenvalue weighted by atomic mass is 32.2. The maximum Gasteiger partial charge on any atom is 0.258 e. The minimum absolute atomic E-state index is 0.265. The zero-order valence-corrected chi connectivity index (χ0v) is 19.8. The molecule has 0 spiro atoms. The fraction of sp³-hybridized carbons (Fsp3) is 0.440. The molecule has 5 rings (SSSR count). The lowest BCUT2D eigenvalue weighted by atomic mass is 9.94. The average molecular weight is 467 g/mol. The Kier molecular flexibility index (Phi) is 6.32. The van der Waals surface area contributed by atoms with Crippen molar-refractivity contribution < 1.29 is 12.9 Å². The lowest BCUT2D eigenvalue weighted by molar-refractivity contribution is 0.111. The highest BCUT2D eigenvalue weighted by molar-refractivity contribution is 7.89. The Morgan fingerprint density at radius 1 is 0.909 bits per heavy atom. The van der Waals surface area contributed by atoms with Gasteiger partial charge in [-0.15, -0.1) is 0 Å². The van der Waals surface area contributed by atoms with Crippen molar-refractivity contribution >= 4 is 10.0 Å². The van der Waals surface area contributed by atoms with Crippen LogP contribution in [0.15, 0.2) is 57.9 Å². The molecule has 0 N–H and O–H groups in total. The van der Waals surface area contributed by atoms with E-state index in [0.717, 1.165) is 24.2 Å². The molecule has 1 saturated carbocycles. The molecule has 0 atom stereocenters. The average Bonchev–Trinajstić information content (AvgIpc) is 3.36. The summed E-state index contributed by atoms with van der Waals surface area (Å²) in [7, 11) is -3.58. The lowest BCUT2D eigenvalue weighted by Crippen LogP contribution is -2.52. The molecule has 3 aromatic rings. The van der Waals surface area contributed by atoms with Crippen LogP contribution in [0.25, 0.3) is 22.8 Å². The molecule has 0 amide bonds. The Morgan fingerprint density at radius 3 is 2.36 bits per heavy atom. The van der Waals surface area contributed by atoms with Crippen molar-refractivity contribution in [1.82, 2.24) is 19.3 Å². The summed E-state index contributed by atoms with van der Waals surface area (Å²) >= 11 is 0. The second-order valence-corrected chi connectivity index (χ2v) is 11.0. The molecule has 0 bridgehead atoms. The van der Waals surface area contributed by atoms with Gasteiger partial charge in [0.25, 0.3) is 5.89 Å².